The van der Waals surface area contributed by atoms with Crippen molar-refractivity contribution >= 4 is 17.6 Å². The molecule has 3 unspecified atom stereocenters. The number of nitrogens with one attached hydrogen (secondary N) is 2. The van der Waals surface area contributed by atoms with E-state index < -0.39 is 24.0 Å². The van der Waals surface area contributed by atoms with E-state index in [1.807, 2.05) is 11.0 Å². The average Bonchev–Trinajstić information content (AvgIpc) is 3.44. The van der Waals surface area contributed by atoms with Gasteiger partial charge in [-0.15, -0.1) is 0 Å². The summed E-state index contributed by atoms with van der Waals surface area (Å²) in [5.74, 6) is -2.30. The van der Waals surface area contributed by atoms with Gasteiger partial charge >= 0.3 is 6.18 Å². The highest BCUT2D eigenvalue weighted by Gasteiger charge is 2.54. The van der Waals surface area contributed by atoms with Crippen molar-refractivity contribution in [3.8, 4) is 11.8 Å². The Morgan fingerprint density at radius 2 is 1.95 bits per heavy atom. The molecule has 0 radical (unpaired) electrons. The number of likely N-dealkylation sites (tertiary alicyclic amines) is 1. The van der Waals surface area contributed by atoms with Crippen molar-refractivity contribution in [2.75, 3.05) is 50.8 Å². The first-order valence-corrected chi connectivity index (χ1v) is 13.1. The molecule has 0 aromatic carbocycles. The minimum atomic E-state index is -4.66. The van der Waals surface area contributed by atoms with Gasteiger partial charge in [0.25, 0.3) is 5.91 Å². The number of nitrogens with zero attached hydrogens (tertiary/aromatic N) is 6. The standard InChI is InChI=1S/C26H29F3N8O3/c27-26(28,29)23-21(15-33-34-24(23)38)37-5-1-2-19(37)16-40-20-10-18(13-31-14-20)25(39)36-8-6-35(7-9-36)22-4-3-17(11-30)12-32-22/h3-4,10,12-14,19,21,23,33H,1-2,5-9,15-16H2,(H,34,38). The van der Waals surface area contributed by atoms with Crippen LogP contribution in [0.2, 0.25) is 0 Å². The van der Waals surface area contributed by atoms with E-state index in [0.717, 1.165) is 5.82 Å². The van der Waals surface area contributed by atoms with Gasteiger partial charge in [0.05, 0.1) is 17.3 Å². The molecule has 3 saturated heterocycles. The predicted molar refractivity (Wildman–Crippen MR) is 136 cm³/mol. The lowest BCUT2D eigenvalue weighted by molar-refractivity contribution is -0.201. The van der Waals surface area contributed by atoms with Gasteiger partial charge in [0.15, 0.2) is 5.92 Å². The van der Waals surface area contributed by atoms with Gasteiger partial charge in [0.1, 0.15) is 24.2 Å². The molecular weight excluding hydrogens is 529 g/mol. The average molecular weight is 559 g/mol. The maximum Gasteiger partial charge on any atom is 0.402 e. The molecule has 2 amide bonds. The van der Waals surface area contributed by atoms with Crippen molar-refractivity contribution in [3.05, 3.63) is 47.9 Å². The lowest BCUT2D eigenvalue weighted by Gasteiger charge is -2.40. The van der Waals surface area contributed by atoms with Crippen molar-refractivity contribution in [1.82, 2.24) is 30.6 Å². The molecule has 0 spiro atoms. The largest absolute Gasteiger partial charge is 0.490 e. The molecule has 3 atom stereocenters. The second-order valence-electron chi connectivity index (χ2n) is 10.0. The van der Waals surface area contributed by atoms with E-state index in [9.17, 15) is 22.8 Å². The van der Waals surface area contributed by atoms with Crippen LogP contribution in [0.25, 0.3) is 0 Å². The quantitative estimate of drug-likeness (QED) is 0.540. The smallest absolute Gasteiger partial charge is 0.402 e. The van der Waals surface area contributed by atoms with E-state index in [2.05, 4.69) is 20.8 Å². The summed E-state index contributed by atoms with van der Waals surface area (Å²) in [7, 11) is 0. The Kier molecular flexibility index (Phi) is 8.04. The van der Waals surface area contributed by atoms with Crippen LogP contribution in [0.5, 0.6) is 5.75 Å². The molecule has 3 aliphatic rings. The number of hydrazine groups is 1. The molecule has 5 heterocycles. The number of alkyl halides is 3. The molecule has 40 heavy (non-hydrogen) atoms. The summed E-state index contributed by atoms with van der Waals surface area (Å²) in [6.07, 6.45) is 1.12. The Morgan fingerprint density at radius 1 is 1.15 bits per heavy atom. The molecule has 0 saturated carbocycles. The highest BCUT2D eigenvalue weighted by atomic mass is 19.4. The van der Waals surface area contributed by atoms with Crippen molar-refractivity contribution < 1.29 is 27.5 Å². The minimum absolute atomic E-state index is 0.0214. The SMILES string of the molecule is N#Cc1ccc(N2CCN(C(=O)c3cncc(OCC4CCCN4C4CNNC(=O)C4C(F)(F)F)c3)CC2)nc1. The summed E-state index contributed by atoms with van der Waals surface area (Å²) in [5.41, 5.74) is 5.51. The molecular formula is C26H29F3N8O3. The number of halogens is 3. The van der Waals surface area contributed by atoms with Gasteiger partial charge in [-0.2, -0.15) is 18.4 Å². The fourth-order valence-corrected chi connectivity index (χ4v) is 5.53. The number of ether oxygens (including phenoxy) is 1. The van der Waals surface area contributed by atoms with Crippen molar-refractivity contribution in [2.45, 2.75) is 31.1 Å². The number of rotatable bonds is 6. The van der Waals surface area contributed by atoms with E-state index in [1.54, 1.807) is 28.0 Å². The van der Waals surface area contributed by atoms with Crippen molar-refractivity contribution in [2.24, 2.45) is 5.92 Å². The third kappa shape index (κ3) is 5.95. The summed E-state index contributed by atoms with van der Waals surface area (Å²) in [4.78, 5) is 39.1. The van der Waals surface area contributed by atoms with Crippen LogP contribution >= 0.6 is 0 Å². The highest BCUT2D eigenvalue weighted by Crippen LogP contribution is 2.35. The molecule has 0 bridgehead atoms. The zero-order valence-electron chi connectivity index (χ0n) is 21.6. The Labute approximate surface area is 228 Å². The molecule has 2 aromatic rings. The zero-order chi connectivity index (χ0) is 28.3. The maximum atomic E-state index is 13.7. The number of anilines is 1. The molecule has 11 nitrogen and oxygen atoms in total. The Balaban J connectivity index is 1.18. The summed E-state index contributed by atoms with van der Waals surface area (Å²) in [6, 6.07) is 5.78. The molecule has 3 fully saturated rings. The first-order valence-electron chi connectivity index (χ1n) is 13.1. The van der Waals surface area contributed by atoms with Gasteiger partial charge in [-0.3, -0.25) is 24.9 Å². The zero-order valence-corrected chi connectivity index (χ0v) is 21.6. The van der Waals surface area contributed by atoms with Crippen LogP contribution in [0.1, 0.15) is 28.8 Å². The first-order chi connectivity index (χ1) is 19.2. The van der Waals surface area contributed by atoms with Gasteiger partial charge in [0.2, 0.25) is 5.91 Å². The van der Waals surface area contributed by atoms with E-state index in [1.165, 1.54) is 18.6 Å². The van der Waals surface area contributed by atoms with Crippen LogP contribution < -0.4 is 20.5 Å². The Bertz CT molecular complexity index is 1260. The molecule has 212 valence electrons. The number of hydrogen-bond donors (Lipinski definition) is 2. The van der Waals surface area contributed by atoms with E-state index >= 15 is 0 Å². The van der Waals surface area contributed by atoms with Crippen LogP contribution in [0.15, 0.2) is 36.8 Å². The van der Waals surface area contributed by atoms with Crippen molar-refractivity contribution in [3.63, 3.8) is 0 Å². The van der Waals surface area contributed by atoms with Crippen LogP contribution in [-0.2, 0) is 4.79 Å². The Morgan fingerprint density at radius 3 is 2.65 bits per heavy atom. The lowest BCUT2D eigenvalue weighted by atomic mass is 9.94. The summed E-state index contributed by atoms with van der Waals surface area (Å²) in [6.45, 7) is 2.64. The lowest BCUT2D eigenvalue weighted by Crippen LogP contribution is -2.65. The van der Waals surface area contributed by atoms with Crippen LogP contribution in [0.4, 0.5) is 19.0 Å². The Hall–Kier alpha value is -3.96. The fourth-order valence-electron chi connectivity index (χ4n) is 5.53. The van der Waals surface area contributed by atoms with Crippen molar-refractivity contribution in [1.29, 1.82) is 5.26 Å². The highest BCUT2D eigenvalue weighted by molar-refractivity contribution is 5.94. The molecule has 3 aliphatic heterocycles. The molecule has 14 heteroatoms. The molecule has 0 aliphatic carbocycles. The predicted octanol–water partition coefficient (Wildman–Crippen LogP) is 1.34. The van der Waals surface area contributed by atoms with E-state index in [0.29, 0.717) is 62.4 Å². The third-order valence-electron chi connectivity index (χ3n) is 7.56. The number of carbonyl (C=O) groups excluding carboxylic acids is 2. The van der Waals surface area contributed by atoms with Gasteiger partial charge < -0.3 is 14.5 Å². The number of amides is 2. The molecule has 2 N–H and O–H groups in total. The van der Waals surface area contributed by atoms with E-state index in [-0.39, 0.29) is 25.1 Å². The molecule has 2 aromatic heterocycles. The van der Waals surface area contributed by atoms with Gasteiger partial charge in [-0.1, -0.05) is 0 Å². The summed E-state index contributed by atoms with van der Waals surface area (Å²) < 4.78 is 46.9. The second kappa shape index (κ2) is 11.6. The van der Waals surface area contributed by atoms with Gasteiger partial charge in [0, 0.05) is 57.2 Å². The summed E-state index contributed by atoms with van der Waals surface area (Å²) in [5, 5.41) is 8.94. The number of pyridine rings is 2. The monoisotopic (exact) mass is 558 g/mol. The second-order valence-corrected chi connectivity index (χ2v) is 10.0. The topological polar surface area (TPSA) is 127 Å². The number of hydrogen-bond acceptors (Lipinski definition) is 9. The van der Waals surface area contributed by atoms with E-state index in [4.69, 9.17) is 10.00 Å². The van der Waals surface area contributed by atoms with Crippen LogP contribution in [-0.4, -0.2) is 95.7 Å². The van der Waals surface area contributed by atoms with Gasteiger partial charge in [-0.05, 0) is 37.6 Å². The summed E-state index contributed by atoms with van der Waals surface area (Å²) >= 11 is 0. The number of piperazine rings is 1. The minimum Gasteiger partial charge on any atom is -0.490 e. The normalized spacial score (nSPS) is 23.9. The van der Waals surface area contributed by atoms with Crippen LogP contribution in [0, 0.1) is 17.2 Å². The molecule has 5 rings (SSSR count). The first kappa shape index (κ1) is 27.6. The van der Waals surface area contributed by atoms with Crippen LogP contribution in [0.3, 0.4) is 0 Å². The number of nitriles is 1. The third-order valence-corrected chi connectivity index (χ3v) is 7.56. The fraction of sp³-hybridized carbons (Fsp3) is 0.500. The number of carbonyl (C=O) groups is 2. The van der Waals surface area contributed by atoms with Gasteiger partial charge in [-0.25, -0.2) is 10.4 Å². The maximum absolute atomic E-state index is 13.7. The number of aromatic nitrogens is 2.